The SMILES string of the molecule is NCCCC(N)Cc1ncccc1Sc1ccccc1. The Morgan fingerprint density at radius 1 is 1.10 bits per heavy atom. The van der Waals surface area contributed by atoms with E-state index in [1.54, 1.807) is 11.8 Å². The molecule has 0 amide bonds. The molecule has 20 heavy (non-hydrogen) atoms. The predicted molar refractivity (Wildman–Crippen MR) is 84.8 cm³/mol. The normalized spacial score (nSPS) is 12.3. The highest BCUT2D eigenvalue weighted by molar-refractivity contribution is 7.99. The average Bonchev–Trinajstić information content (AvgIpc) is 2.48. The Kier molecular flexibility index (Phi) is 6.05. The topological polar surface area (TPSA) is 64.9 Å². The van der Waals surface area contributed by atoms with Gasteiger partial charge < -0.3 is 11.5 Å². The van der Waals surface area contributed by atoms with Gasteiger partial charge in [-0.1, -0.05) is 30.0 Å². The second kappa shape index (κ2) is 8.04. The fourth-order valence-corrected chi connectivity index (χ4v) is 2.96. The summed E-state index contributed by atoms with van der Waals surface area (Å²) in [4.78, 5) is 6.89. The third-order valence-electron chi connectivity index (χ3n) is 3.05. The highest BCUT2D eigenvalue weighted by Crippen LogP contribution is 2.29. The molecular weight excluding hydrogens is 266 g/mol. The van der Waals surface area contributed by atoms with E-state index in [0.29, 0.717) is 6.54 Å². The highest BCUT2D eigenvalue weighted by Gasteiger charge is 2.10. The molecule has 2 rings (SSSR count). The first-order chi connectivity index (χ1) is 9.79. The lowest BCUT2D eigenvalue weighted by Crippen LogP contribution is -2.24. The van der Waals surface area contributed by atoms with Crippen LogP contribution in [0.15, 0.2) is 58.5 Å². The van der Waals surface area contributed by atoms with E-state index in [4.69, 9.17) is 11.5 Å². The Morgan fingerprint density at radius 3 is 2.65 bits per heavy atom. The minimum atomic E-state index is 0.128. The van der Waals surface area contributed by atoms with Gasteiger partial charge in [0, 0.05) is 28.5 Å². The Morgan fingerprint density at radius 2 is 1.90 bits per heavy atom. The zero-order valence-corrected chi connectivity index (χ0v) is 12.4. The number of rotatable bonds is 7. The van der Waals surface area contributed by atoms with Gasteiger partial charge in [0.2, 0.25) is 0 Å². The second-order valence-corrected chi connectivity index (χ2v) is 5.87. The number of nitrogens with two attached hydrogens (primary N) is 2. The van der Waals surface area contributed by atoms with E-state index in [1.807, 2.05) is 30.5 Å². The molecule has 0 aliphatic heterocycles. The van der Waals surface area contributed by atoms with Crippen molar-refractivity contribution in [3.63, 3.8) is 0 Å². The van der Waals surface area contributed by atoms with Gasteiger partial charge in [0.1, 0.15) is 0 Å². The summed E-state index contributed by atoms with van der Waals surface area (Å²) in [7, 11) is 0. The molecule has 1 aromatic heterocycles. The molecule has 0 aliphatic carbocycles. The molecule has 0 aliphatic rings. The largest absolute Gasteiger partial charge is 0.330 e. The molecule has 0 spiro atoms. The van der Waals surface area contributed by atoms with Crippen LogP contribution in [0.1, 0.15) is 18.5 Å². The molecule has 0 saturated carbocycles. The van der Waals surface area contributed by atoms with Gasteiger partial charge in [-0.3, -0.25) is 4.98 Å². The lowest BCUT2D eigenvalue weighted by Gasteiger charge is -2.13. The van der Waals surface area contributed by atoms with E-state index in [9.17, 15) is 0 Å². The van der Waals surface area contributed by atoms with Crippen LogP contribution in [-0.2, 0) is 6.42 Å². The van der Waals surface area contributed by atoms with E-state index in [-0.39, 0.29) is 6.04 Å². The molecule has 1 atom stereocenters. The van der Waals surface area contributed by atoms with Crippen molar-refractivity contribution in [3.05, 3.63) is 54.4 Å². The monoisotopic (exact) mass is 287 g/mol. The van der Waals surface area contributed by atoms with Crippen molar-refractivity contribution in [3.8, 4) is 0 Å². The lowest BCUT2D eigenvalue weighted by molar-refractivity contribution is 0.575. The molecule has 1 unspecified atom stereocenters. The maximum Gasteiger partial charge on any atom is 0.0558 e. The molecule has 106 valence electrons. The van der Waals surface area contributed by atoms with E-state index in [2.05, 4.69) is 23.2 Å². The fourth-order valence-electron chi connectivity index (χ4n) is 2.02. The smallest absolute Gasteiger partial charge is 0.0558 e. The summed E-state index contributed by atoms with van der Waals surface area (Å²) in [5.74, 6) is 0. The first-order valence-electron chi connectivity index (χ1n) is 6.92. The van der Waals surface area contributed by atoms with Gasteiger partial charge in [0.25, 0.3) is 0 Å². The molecule has 0 fully saturated rings. The predicted octanol–water partition coefficient (Wildman–Crippen LogP) is 2.84. The molecule has 1 heterocycles. The van der Waals surface area contributed by atoms with Crippen LogP contribution < -0.4 is 11.5 Å². The summed E-state index contributed by atoms with van der Waals surface area (Å²) in [5, 5.41) is 0. The third kappa shape index (κ3) is 4.63. The van der Waals surface area contributed by atoms with Crippen LogP contribution in [0.25, 0.3) is 0 Å². The lowest BCUT2D eigenvalue weighted by atomic mass is 10.1. The van der Waals surface area contributed by atoms with Crippen molar-refractivity contribution in [1.29, 1.82) is 0 Å². The molecule has 4 N–H and O–H groups in total. The Balaban J connectivity index is 2.06. The van der Waals surface area contributed by atoms with Gasteiger partial charge in [-0.15, -0.1) is 0 Å². The van der Waals surface area contributed by atoms with Crippen LogP contribution >= 0.6 is 11.8 Å². The third-order valence-corrected chi connectivity index (χ3v) is 4.15. The van der Waals surface area contributed by atoms with Crippen LogP contribution in [-0.4, -0.2) is 17.6 Å². The number of nitrogens with zero attached hydrogens (tertiary/aromatic N) is 1. The van der Waals surface area contributed by atoms with Gasteiger partial charge in [0.05, 0.1) is 5.69 Å². The Labute approximate surface area is 124 Å². The summed E-state index contributed by atoms with van der Waals surface area (Å²) in [6.45, 7) is 0.696. The van der Waals surface area contributed by atoms with Crippen LogP contribution in [0.5, 0.6) is 0 Å². The zero-order chi connectivity index (χ0) is 14.2. The van der Waals surface area contributed by atoms with Crippen molar-refractivity contribution in [2.24, 2.45) is 11.5 Å². The molecule has 0 bridgehead atoms. The quantitative estimate of drug-likeness (QED) is 0.822. The highest BCUT2D eigenvalue weighted by atomic mass is 32.2. The van der Waals surface area contributed by atoms with Crippen LogP contribution in [0.4, 0.5) is 0 Å². The van der Waals surface area contributed by atoms with Crippen molar-refractivity contribution in [1.82, 2.24) is 4.98 Å². The number of hydrogen-bond acceptors (Lipinski definition) is 4. The average molecular weight is 287 g/mol. The number of hydrogen-bond donors (Lipinski definition) is 2. The fraction of sp³-hybridized carbons (Fsp3) is 0.312. The van der Waals surface area contributed by atoms with Gasteiger partial charge in [-0.2, -0.15) is 0 Å². The molecule has 4 heteroatoms. The summed E-state index contributed by atoms with van der Waals surface area (Å²) >= 11 is 1.74. The van der Waals surface area contributed by atoms with Crippen molar-refractivity contribution in [2.45, 2.75) is 35.1 Å². The van der Waals surface area contributed by atoms with Crippen molar-refractivity contribution in [2.75, 3.05) is 6.54 Å². The van der Waals surface area contributed by atoms with E-state index in [1.165, 1.54) is 9.79 Å². The Bertz CT molecular complexity index is 516. The van der Waals surface area contributed by atoms with E-state index < -0.39 is 0 Å². The van der Waals surface area contributed by atoms with E-state index in [0.717, 1.165) is 25.0 Å². The van der Waals surface area contributed by atoms with Gasteiger partial charge in [0.15, 0.2) is 0 Å². The standard InChI is InChI=1S/C16H21N3S/c17-10-4-6-13(18)12-15-16(9-5-11-19-15)20-14-7-2-1-3-8-14/h1-3,5,7-9,11,13H,4,6,10,12,17-18H2. The number of benzene rings is 1. The van der Waals surface area contributed by atoms with Crippen LogP contribution in [0, 0.1) is 0 Å². The Hall–Kier alpha value is -1.36. The molecule has 0 saturated heterocycles. The maximum absolute atomic E-state index is 6.15. The number of aromatic nitrogens is 1. The first kappa shape index (κ1) is 15.0. The summed E-state index contributed by atoms with van der Waals surface area (Å²) < 4.78 is 0. The zero-order valence-electron chi connectivity index (χ0n) is 11.5. The van der Waals surface area contributed by atoms with Crippen molar-refractivity contribution < 1.29 is 0 Å². The van der Waals surface area contributed by atoms with Gasteiger partial charge in [-0.05, 0) is 43.7 Å². The van der Waals surface area contributed by atoms with Gasteiger partial charge in [-0.25, -0.2) is 0 Å². The molecule has 0 radical (unpaired) electrons. The summed E-state index contributed by atoms with van der Waals surface area (Å²) in [6.07, 6.45) is 4.55. The first-order valence-corrected chi connectivity index (χ1v) is 7.73. The van der Waals surface area contributed by atoms with Crippen LogP contribution in [0.2, 0.25) is 0 Å². The second-order valence-electron chi connectivity index (χ2n) is 4.76. The molecular formula is C16H21N3S. The number of pyridine rings is 1. The molecule has 1 aromatic carbocycles. The molecule has 2 aromatic rings. The van der Waals surface area contributed by atoms with E-state index >= 15 is 0 Å². The van der Waals surface area contributed by atoms with Gasteiger partial charge >= 0.3 is 0 Å². The van der Waals surface area contributed by atoms with Crippen LogP contribution in [0.3, 0.4) is 0 Å². The minimum absolute atomic E-state index is 0.128. The molecule has 3 nitrogen and oxygen atoms in total. The minimum Gasteiger partial charge on any atom is -0.330 e. The summed E-state index contributed by atoms with van der Waals surface area (Å²) in [5.41, 5.74) is 12.8. The summed E-state index contributed by atoms with van der Waals surface area (Å²) in [6, 6.07) is 14.5. The maximum atomic E-state index is 6.15. The van der Waals surface area contributed by atoms with Crippen molar-refractivity contribution >= 4 is 11.8 Å².